The van der Waals surface area contributed by atoms with Gasteiger partial charge in [-0.1, -0.05) is 0 Å². The summed E-state index contributed by atoms with van der Waals surface area (Å²) in [5.41, 5.74) is 0. The Balaban J connectivity index is 1.65. The van der Waals surface area contributed by atoms with E-state index in [-0.39, 0.29) is 0 Å². The highest BCUT2D eigenvalue weighted by atomic mass is 19.2. The van der Waals surface area contributed by atoms with Gasteiger partial charge in [0.05, 0.1) is 6.61 Å². The van der Waals surface area contributed by atoms with Gasteiger partial charge in [0.2, 0.25) is 0 Å². The molecule has 2 nitrogen and oxygen atoms in total. The number of nitrogens with one attached hydrogen (secondary N) is 1. The number of hydrogen-bond acceptors (Lipinski definition) is 2. The fourth-order valence-electron chi connectivity index (χ4n) is 1.42. The van der Waals surface area contributed by atoms with Gasteiger partial charge in [-0.15, -0.1) is 0 Å². The average Bonchev–Trinajstić information content (AvgIpc) is 3.07. The molecule has 0 amide bonds. The summed E-state index contributed by atoms with van der Waals surface area (Å²) in [4.78, 5) is 0. The van der Waals surface area contributed by atoms with Crippen molar-refractivity contribution < 1.29 is 13.5 Å². The van der Waals surface area contributed by atoms with E-state index in [9.17, 15) is 8.78 Å². The molecular weight excluding hydrogens is 212 g/mol. The Labute approximate surface area is 93.6 Å². The van der Waals surface area contributed by atoms with Crippen molar-refractivity contribution in [3.8, 4) is 5.75 Å². The molecule has 4 heteroatoms. The van der Waals surface area contributed by atoms with Crippen LogP contribution < -0.4 is 10.1 Å². The third-order valence-electron chi connectivity index (χ3n) is 2.49. The van der Waals surface area contributed by atoms with Crippen molar-refractivity contribution in [2.75, 3.05) is 13.2 Å². The lowest BCUT2D eigenvalue weighted by Gasteiger charge is -2.06. The van der Waals surface area contributed by atoms with Gasteiger partial charge in [-0.2, -0.15) is 0 Å². The maximum atomic E-state index is 12.8. The van der Waals surface area contributed by atoms with Crippen molar-refractivity contribution in [1.82, 2.24) is 5.32 Å². The lowest BCUT2D eigenvalue weighted by Crippen LogP contribution is -2.19. The van der Waals surface area contributed by atoms with E-state index in [1.165, 1.54) is 18.9 Å². The van der Waals surface area contributed by atoms with Gasteiger partial charge in [0.25, 0.3) is 0 Å². The standard InChI is InChI=1S/C12H15F2NO/c13-11-5-4-10(8-12(11)14)16-7-1-6-15-9-2-3-9/h4-5,8-9,15H,1-3,6-7H2. The summed E-state index contributed by atoms with van der Waals surface area (Å²) in [7, 11) is 0. The van der Waals surface area contributed by atoms with Crippen LogP contribution in [0.15, 0.2) is 18.2 Å². The summed E-state index contributed by atoms with van der Waals surface area (Å²) in [6.45, 7) is 1.43. The van der Waals surface area contributed by atoms with Crippen LogP contribution in [-0.2, 0) is 0 Å². The Morgan fingerprint density at radius 1 is 1.25 bits per heavy atom. The zero-order chi connectivity index (χ0) is 11.4. The SMILES string of the molecule is Fc1ccc(OCCCNC2CC2)cc1F. The molecule has 1 aliphatic carbocycles. The van der Waals surface area contributed by atoms with E-state index in [0.29, 0.717) is 18.4 Å². The van der Waals surface area contributed by atoms with Crippen LogP contribution in [0.25, 0.3) is 0 Å². The number of hydrogen-bond donors (Lipinski definition) is 1. The first-order valence-corrected chi connectivity index (χ1v) is 5.57. The van der Waals surface area contributed by atoms with Crippen molar-refractivity contribution in [3.63, 3.8) is 0 Å². The van der Waals surface area contributed by atoms with E-state index in [2.05, 4.69) is 5.32 Å². The first-order valence-electron chi connectivity index (χ1n) is 5.57. The normalized spacial score (nSPS) is 15.1. The highest BCUT2D eigenvalue weighted by Gasteiger charge is 2.19. The molecule has 1 N–H and O–H groups in total. The summed E-state index contributed by atoms with van der Waals surface area (Å²) in [6.07, 6.45) is 3.41. The van der Waals surface area contributed by atoms with Crippen molar-refractivity contribution in [3.05, 3.63) is 29.8 Å². The molecule has 0 aliphatic heterocycles. The minimum atomic E-state index is -0.867. The van der Waals surface area contributed by atoms with Crippen molar-refractivity contribution in [1.29, 1.82) is 0 Å². The van der Waals surface area contributed by atoms with Crippen LogP contribution in [0.1, 0.15) is 19.3 Å². The number of benzene rings is 1. The third kappa shape index (κ3) is 3.45. The largest absolute Gasteiger partial charge is 0.493 e. The Bertz CT molecular complexity index is 353. The van der Waals surface area contributed by atoms with E-state index in [4.69, 9.17) is 4.74 Å². The zero-order valence-corrected chi connectivity index (χ0v) is 9.01. The van der Waals surface area contributed by atoms with Gasteiger partial charge in [-0.05, 0) is 37.9 Å². The molecule has 16 heavy (non-hydrogen) atoms. The predicted octanol–water partition coefficient (Wildman–Crippen LogP) is 2.49. The molecule has 0 saturated heterocycles. The summed E-state index contributed by atoms with van der Waals surface area (Å²) in [5, 5.41) is 3.35. The van der Waals surface area contributed by atoms with Gasteiger partial charge in [-0.3, -0.25) is 0 Å². The quantitative estimate of drug-likeness (QED) is 0.754. The van der Waals surface area contributed by atoms with Crippen LogP contribution in [0.5, 0.6) is 5.75 Å². The number of halogens is 2. The Morgan fingerprint density at radius 3 is 2.75 bits per heavy atom. The summed E-state index contributed by atoms with van der Waals surface area (Å²) >= 11 is 0. The smallest absolute Gasteiger partial charge is 0.162 e. The Hall–Kier alpha value is -1.16. The van der Waals surface area contributed by atoms with Crippen LogP contribution in [0, 0.1) is 11.6 Å². The second kappa shape index (κ2) is 5.25. The number of ether oxygens (including phenoxy) is 1. The topological polar surface area (TPSA) is 21.3 Å². The molecule has 0 radical (unpaired) electrons. The summed E-state index contributed by atoms with van der Waals surface area (Å²) in [5.74, 6) is -1.33. The highest BCUT2D eigenvalue weighted by molar-refractivity contribution is 5.23. The zero-order valence-electron chi connectivity index (χ0n) is 9.01. The van der Waals surface area contributed by atoms with Gasteiger partial charge in [0.15, 0.2) is 11.6 Å². The molecular formula is C12H15F2NO. The van der Waals surface area contributed by atoms with Crippen molar-refractivity contribution in [2.24, 2.45) is 0 Å². The van der Waals surface area contributed by atoms with E-state index >= 15 is 0 Å². The highest BCUT2D eigenvalue weighted by Crippen LogP contribution is 2.18. The molecule has 0 unspecified atom stereocenters. The second-order valence-electron chi connectivity index (χ2n) is 4.01. The molecule has 0 spiro atoms. The van der Waals surface area contributed by atoms with E-state index < -0.39 is 11.6 Å². The Kier molecular flexibility index (Phi) is 3.72. The van der Waals surface area contributed by atoms with Gasteiger partial charge < -0.3 is 10.1 Å². The lowest BCUT2D eigenvalue weighted by molar-refractivity contribution is 0.305. The molecule has 0 aromatic heterocycles. The van der Waals surface area contributed by atoms with Gasteiger partial charge in [0, 0.05) is 12.1 Å². The molecule has 1 aromatic rings. The minimum Gasteiger partial charge on any atom is -0.493 e. The second-order valence-corrected chi connectivity index (χ2v) is 4.01. The summed E-state index contributed by atoms with van der Waals surface area (Å²) < 4.78 is 30.7. The molecule has 0 heterocycles. The van der Waals surface area contributed by atoms with Gasteiger partial charge in [0.1, 0.15) is 5.75 Å². The third-order valence-corrected chi connectivity index (χ3v) is 2.49. The van der Waals surface area contributed by atoms with Crippen molar-refractivity contribution in [2.45, 2.75) is 25.3 Å². The fourth-order valence-corrected chi connectivity index (χ4v) is 1.42. The van der Waals surface area contributed by atoms with Crippen molar-refractivity contribution >= 4 is 0 Å². The molecule has 1 aliphatic rings. The van der Waals surface area contributed by atoms with Crippen LogP contribution >= 0.6 is 0 Å². The first-order chi connectivity index (χ1) is 7.75. The molecule has 88 valence electrons. The van der Waals surface area contributed by atoms with Gasteiger partial charge >= 0.3 is 0 Å². The molecule has 2 rings (SSSR count). The first kappa shape index (κ1) is 11.3. The lowest BCUT2D eigenvalue weighted by atomic mass is 10.3. The minimum absolute atomic E-state index is 0.380. The average molecular weight is 227 g/mol. The monoisotopic (exact) mass is 227 g/mol. The van der Waals surface area contributed by atoms with Gasteiger partial charge in [-0.25, -0.2) is 8.78 Å². The van der Waals surface area contributed by atoms with E-state index in [1.807, 2.05) is 0 Å². The predicted molar refractivity (Wildman–Crippen MR) is 57.5 cm³/mol. The molecule has 0 atom stereocenters. The maximum Gasteiger partial charge on any atom is 0.162 e. The molecule has 1 aromatic carbocycles. The fraction of sp³-hybridized carbons (Fsp3) is 0.500. The van der Waals surface area contributed by atoms with Crippen LogP contribution in [0.3, 0.4) is 0 Å². The summed E-state index contributed by atoms with van der Waals surface area (Å²) in [6, 6.07) is 4.28. The molecule has 1 fully saturated rings. The molecule has 0 bridgehead atoms. The van der Waals surface area contributed by atoms with Crippen LogP contribution in [-0.4, -0.2) is 19.2 Å². The van der Waals surface area contributed by atoms with Crippen LogP contribution in [0.4, 0.5) is 8.78 Å². The van der Waals surface area contributed by atoms with E-state index in [1.54, 1.807) is 0 Å². The Morgan fingerprint density at radius 2 is 2.06 bits per heavy atom. The van der Waals surface area contributed by atoms with E-state index in [0.717, 1.165) is 25.1 Å². The number of rotatable bonds is 6. The molecule has 1 saturated carbocycles. The van der Waals surface area contributed by atoms with Crippen LogP contribution in [0.2, 0.25) is 0 Å². The maximum absolute atomic E-state index is 12.8.